The zero-order valence-electron chi connectivity index (χ0n) is 17.3. The highest BCUT2D eigenvalue weighted by Crippen LogP contribution is 2.06. The third-order valence-electron chi connectivity index (χ3n) is 4.19. The molecular formula is C18H35N5O5S. The average molecular weight is 434 g/mol. The van der Waals surface area contributed by atoms with Crippen LogP contribution in [0.4, 0.5) is 0 Å². The van der Waals surface area contributed by atoms with E-state index in [0.717, 1.165) is 0 Å². The molecule has 0 radical (unpaired) electrons. The topological polar surface area (TPSA) is 177 Å². The zero-order chi connectivity index (χ0) is 22.6. The number of aliphatic carboxylic acids is 1. The van der Waals surface area contributed by atoms with Crippen LogP contribution in [0.2, 0.25) is 0 Å². The summed E-state index contributed by atoms with van der Waals surface area (Å²) in [6.07, 6.45) is 2.10. The number of hydrogen-bond acceptors (Lipinski definition) is 7. The molecule has 8 N–H and O–H groups in total. The molecule has 0 aliphatic rings. The van der Waals surface area contributed by atoms with Crippen molar-refractivity contribution < 1.29 is 24.3 Å². The van der Waals surface area contributed by atoms with E-state index in [1.165, 1.54) is 6.92 Å². The quantitative estimate of drug-likeness (QED) is 0.135. The molecule has 10 nitrogen and oxygen atoms in total. The van der Waals surface area contributed by atoms with Crippen LogP contribution < -0.4 is 27.4 Å². The lowest BCUT2D eigenvalue weighted by atomic mass is 10.0. The van der Waals surface area contributed by atoms with Crippen LogP contribution in [0.1, 0.15) is 46.5 Å². The van der Waals surface area contributed by atoms with Crippen LogP contribution in [0.5, 0.6) is 0 Å². The normalized spacial score (nSPS) is 15.1. The van der Waals surface area contributed by atoms with Crippen molar-refractivity contribution >= 4 is 36.3 Å². The molecule has 0 rings (SSSR count). The second-order valence-corrected chi connectivity index (χ2v) is 7.76. The molecular weight excluding hydrogens is 398 g/mol. The third-order valence-corrected chi connectivity index (χ3v) is 4.56. The fourth-order valence-corrected chi connectivity index (χ4v) is 2.76. The summed E-state index contributed by atoms with van der Waals surface area (Å²) in [6.45, 7) is 5.75. The number of nitrogens with one attached hydrogen (secondary N) is 3. The Kier molecular flexibility index (Phi) is 13.3. The highest BCUT2D eigenvalue weighted by molar-refractivity contribution is 7.80. The van der Waals surface area contributed by atoms with Gasteiger partial charge in [-0.25, -0.2) is 4.79 Å². The van der Waals surface area contributed by atoms with Gasteiger partial charge in [0.1, 0.15) is 18.1 Å². The van der Waals surface area contributed by atoms with Gasteiger partial charge in [-0.15, -0.1) is 0 Å². The Morgan fingerprint density at radius 1 is 0.931 bits per heavy atom. The number of carboxylic acid groups (broad SMARTS) is 1. The Morgan fingerprint density at radius 3 is 2.00 bits per heavy atom. The second-order valence-electron chi connectivity index (χ2n) is 7.39. The summed E-state index contributed by atoms with van der Waals surface area (Å²) in [4.78, 5) is 48.1. The standard InChI is InChI=1S/C18H35N5O5S/c1-10(2)8-12(20)16(25)22-13(6-4-5-7-19)17(26)21-11(3)15(24)23-14(9-29)18(27)28/h10-14,29H,4-9,19-20H2,1-3H3,(H,21,26)(H,22,25)(H,23,24)(H,27,28). The monoisotopic (exact) mass is 433 g/mol. The SMILES string of the molecule is CC(C)CC(N)C(=O)NC(CCCCN)C(=O)NC(C)C(=O)NC(CS)C(=O)O. The van der Waals surface area contributed by atoms with Crippen LogP contribution >= 0.6 is 12.6 Å². The van der Waals surface area contributed by atoms with E-state index in [2.05, 4.69) is 28.6 Å². The first-order valence-electron chi connectivity index (χ1n) is 9.73. The minimum absolute atomic E-state index is 0.0900. The lowest BCUT2D eigenvalue weighted by Crippen LogP contribution is -2.56. The first kappa shape index (κ1) is 27.1. The third kappa shape index (κ3) is 11.1. The van der Waals surface area contributed by atoms with Crippen molar-refractivity contribution in [2.75, 3.05) is 12.3 Å². The molecule has 0 aromatic carbocycles. The number of unbranched alkanes of at least 4 members (excludes halogenated alkanes) is 1. The Labute approximate surface area is 177 Å². The van der Waals surface area contributed by atoms with Gasteiger partial charge in [-0.05, 0) is 45.1 Å². The average Bonchev–Trinajstić information content (AvgIpc) is 2.63. The number of amides is 3. The maximum atomic E-state index is 12.6. The number of carbonyl (C=O) groups excluding carboxylic acids is 3. The van der Waals surface area contributed by atoms with E-state index in [9.17, 15) is 19.2 Å². The summed E-state index contributed by atoms with van der Waals surface area (Å²) >= 11 is 3.88. The van der Waals surface area contributed by atoms with Gasteiger partial charge < -0.3 is 32.5 Å². The Balaban J connectivity index is 4.98. The molecule has 29 heavy (non-hydrogen) atoms. The molecule has 0 aliphatic carbocycles. The van der Waals surface area contributed by atoms with Gasteiger partial charge in [0.05, 0.1) is 6.04 Å². The Bertz CT molecular complexity index is 561. The van der Waals surface area contributed by atoms with Crippen molar-refractivity contribution in [1.82, 2.24) is 16.0 Å². The number of thiol groups is 1. The minimum atomic E-state index is -1.22. The van der Waals surface area contributed by atoms with Gasteiger partial charge in [0, 0.05) is 5.75 Å². The molecule has 4 unspecified atom stereocenters. The lowest BCUT2D eigenvalue weighted by Gasteiger charge is -2.23. The molecule has 0 saturated heterocycles. The van der Waals surface area contributed by atoms with Crippen LogP contribution in [-0.4, -0.2) is 65.3 Å². The molecule has 0 spiro atoms. The number of nitrogens with two attached hydrogens (primary N) is 2. The predicted molar refractivity (Wildman–Crippen MR) is 113 cm³/mol. The number of carboxylic acids is 1. The molecule has 0 aromatic rings. The van der Waals surface area contributed by atoms with Gasteiger partial charge in [-0.2, -0.15) is 12.6 Å². The largest absolute Gasteiger partial charge is 0.480 e. The van der Waals surface area contributed by atoms with E-state index in [1.807, 2.05) is 13.8 Å². The van der Waals surface area contributed by atoms with Crippen LogP contribution in [0.3, 0.4) is 0 Å². The maximum absolute atomic E-state index is 12.6. The molecule has 11 heteroatoms. The van der Waals surface area contributed by atoms with E-state index in [-0.39, 0.29) is 11.7 Å². The molecule has 0 heterocycles. The fraction of sp³-hybridized carbons (Fsp3) is 0.778. The van der Waals surface area contributed by atoms with Crippen molar-refractivity contribution in [3.8, 4) is 0 Å². The summed E-state index contributed by atoms with van der Waals surface area (Å²) in [5.74, 6) is -2.75. The minimum Gasteiger partial charge on any atom is -0.480 e. The van der Waals surface area contributed by atoms with Gasteiger partial charge >= 0.3 is 5.97 Å². The first-order chi connectivity index (χ1) is 13.5. The highest BCUT2D eigenvalue weighted by Gasteiger charge is 2.27. The molecule has 3 amide bonds. The van der Waals surface area contributed by atoms with Crippen molar-refractivity contribution in [3.63, 3.8) is 0 Å². The first-order valence-corrected chi connectivity index (χ1v) is 10.4. The zero-order valence-corrected chi connectivity index (χ0v) is 18.2. The van der Waals surface area contributed by atoms with Gasteiger partial charge in [0.15, 0.2) is 0 Å². The van der Waals surface area contributed by atoms with E-state index >= 15 is 0 Å². The number of carbonyl (C=O) groups is 4. The van der Waals surface area contributed by atoms with Gasteiger partial charge in [0.2, 0.25) is 17.7 Å². The van der Waals surface area contributed by atoms with Crippen LogP contribution in [0.25, 0.3) is 0 Å². The predicted octanol–water partition coefficient (Wildman–Crippen LogP) is -1.02. The van der Waals surface area contributed by atoms with Crippen molar-refractivity contribution in [2.45, 2.75) is 70.6 Å². The Morgan fingerprint density at radius 2 is 1.52 bits per heavy atom. The van der Waals surface area contributed by atoms with E-state index in [4.69, 9.17) is 16.6 Å². The second kappa shape index (κ2) is 14.2. The summed E-state index contributed by atoms with van der Waals surface area (Å²) in [5, 5.41) is 16.4. The van der Waals surface area contributed by atoms with Crippen LogP contribution in [0.15, 0.2) is 0 Å². The molecule has 0 fully saturated rings. The van der Waals surface area contributed by atoms with E-state index in [1.54, 1.807) is 0 Å². The van der Waals surface area contributed by atoms with E-state index in [0.29, 0.717) is 32.2 Å². The lowest BCUT2D eigenvalue weighted by molar-refractivity contribution is -0.141. The molecule has 0 bridgehead atoms. The maximum Gasteiger partial charge on any atom is 0.327 e. The molecule has 4 atom stereocenters. The van der Waals surface area contributed by atoms with Crippen molar-refractivity contribution in [1.29, 1.82) is 0 Å². The molecule has 168 valence electrons. The molecule has 0 saturated carbocycles. The Hall–Kier alpha value is -1.85. The number of rotatable bonds is 14. The fourth-order valence-electron chi connectivity index (χ4n) is 2.52. The molecule has 0 aliphatic heterocycles. The number of hydrogen-bond donors (Lipinski definition) is 7. The van der Waals surface area contributed by atoms with Gasteiger partial charge in [-0.3, -0.25) is 14.4 Å². The summed E-state index contributed by atoms with van der Waals surface area (Å²) in [6, 6.07) is -3.78. The van der Waals surface area contributed by atoms with Crippen LogP contribution in [0, 0.1) is 5.92 Å². The summed E-state index contributed by atoms with van der Waals surface area (Å²) in [5.41, 5.74) is 11.4. The summed E-state index contributed by atoms with van der Waals surface area (Å²) < 4.78 is 0. The smallest absolute Gasteiger partial charge is 0.327 e. The van der Waals surface area contributed by atoms with Gasteiger partial charge in [0.25, 0.3) is 0 Å². The van der Waals surface area contributed by atoms with Crippen molar-refractivity contribution in [3.05, 3.63) is 0 Å². The van der Waals surface area contributed by atoms with E-state index < -0.39 is 47.9 Å². The summed E-state index contributed by atoms with van der Waals surface area (Å²) in [7, 11) is 0. The van der Waals surface area contributed by atoms with Crippen LogP contribution in [-0.2, 0) is 19.2 Å². The van der Waals surface area contributed by atoms with Gasteiger partial charge in [-0.1, -0.05) is 13.8 Å². The van der Waals surface area contributed by atoms with Crippen molar-refractivity contribution in [2.24, 2.45) is 17.4 Å². The molecule has 0 aromatic heterocycles. The highest BCUT2D eigenvalue weighted by atomic mass is 32.1.